The monoisotopic (exact) mass is 503 g/mol. The Bertz CT molecular complexity index is 1850. The average molecular weight is 504 g/mol. The molecule has 0 saturated carbocycles. The van der Waals surface area contributed by atoms with Crippen molar-refractivity contribution in [3.8, 4) is 0 Å². The van der Waals surface area contributed by atoms with Crippen LogP contribution in [-0.4, -0.2) is 4.98 Å². The van der Waals surface area contributed by atoms with E-state index in [1.165, 1.54) is 27.6 Å². The highest BCUT2D eigenvalue weighted by Crippen LogP contribution is 2.37. The van der Waals surface area contributed by atoms with Crippen LogP contribution in [0.4, 0.5) is 17.1 Å². The molecule has 1 aromatic heterocycles. The molecule has 0 radical (unpaired) electrons. The molecule has 1 aliphatic carbocycles. The molecule has 2 N–H and O–H groups in total. The molecule has 0 atom stereocenters. The minimum absolute atomic E-state index is 0.968. The Morgan fingerprint density at radius 2 is 1.56 bits per heavy atom. The Labute approximate surface area is 228 Å². The van der Waals surface area contributed by atoms with Crippen molar-refractivity contribution in [1.29, 1.82) is 0 Å². The van der Waals surface area contributed by atoms with Gasteiger partial charge in [-0.3, -0.25) is 0 Å². The van der Waals surface area contributed by atoms with Gasteiger partial charge >= 0.3 is 0 Å². The van der Waals surface area contributed by atoms with E-state index < -0.39 is 0 Å². The molecule has 2 aliphatic rings. The van der Waals surface area contributed by atoms with Crippen LogP contribution in [0.3, 0.4) is 0 Å². The number of allylic oxidation sites excluding steroid dienone is 8. The lowest BCUT2D eigenvalue weighted by atomic mass is 9.91. The third kappa shape index (κ3) is 4.38. The average Bonchev–Trinajstić information content (AvgIpc) is 3.35. The fourth-order valence-electron chi connectivity index (χ4n) is 5.62. The van der Waals surface area contributed by atoms with Crippen LogP contribution in [0, 0.1) is 0 Å². The van der Waals surface area contributed by atoms with E-state index in [2.05, 4.69) is 131 Å². The minimum Gasteiger partial charge on any atom is -0.355 e. The van der Waals surface area contributed by atoms with Crippen molar-refractivity contribution in [2.75, 3.05) is 10.2 Å². The quantitative estimate of drug-likeness (QED) is 0.256. The van der Waals surface area contributed by atoms with Gasteiger partial charge in [-0.15, -0.1) is 0 Å². The predicted octanol–water partition coefficient (Wildman–Crippen LogP) is 9.64. The topological polar surface area (TPSA) is 31.1 Å². The summed E-state index contributed by atoms with van der Waals surface area (Å²) in [6.45, 7) is 4.52. The second-order valence-corrected chi connectivity index (χ2v) is 10.1. The van der Waals surface area contributed by atoms with Gasteiger partial charge < -0.3 is 15.2 Å². The molecule has 1 aliphatic heterocycles. The van der Waals surface area contributed by atoms with Crippen molar-refractivity contribution in [3.05, 3.63) is 157 Å². The number of nitrogens with one attached hydrogen (secondary N) is 2. The number of aromatic amines is 1. The Kier molecular flexibility index (Phi) is 5.75. The molecular weight excluding hydrogens is 474 g/mol. The van der Waals surface area contributed by atoms with Gasteiger partial charge in [0, 0.05) is 56.3 Å². The summed E-state index contributed by atoms with van der Waals surface area (Å²) < 4.78 is 0. The predicted molar refractivity (Wildman–Crippen MR) is 166 cm³/mol. The van der Waals surface area contributed by atoms with E-state index in [1.54, 1.807) is 0 Å². The van der Waals surface area contributed by atoms with Crippen molar-refractivity contribution < 1.29 is 0 Å². The van der Waals surface area contributed by atoms with E-state index in [0.717, 1.165) is 52.1 Å². The highest BCUT2D eigenvalue weighted by molar-refractivity contribution is 6.08. The zero-order valence-corrected chi connectivity index (χ0v) is 21.7. The summed E-state index contributed by atoms with van der Waals surface area (Å²) in [6.07, 6.45) is 13.1. The first-order valence-corrected chi connectivity index (χ1v) is 13.4. The van der Waals surface area contributed by atoms with Crippen LogP contribution >= 0.6 is 0 Å². The first kappa shape index (κ1) is 23.1. The standard InChI is InChI=1S/C36H29N3/c1-25-22-27(26-18-19-35-33(23-26)32-15-5-7-16-34(32)38-35)20-21-39(36-17-8-6-14-31(25)36)30-13-9-12-29(24-30)37-28-10-3-2-4-11-28/h2-7,9-16,18-24,37-38H,1,8,17H2/b21-20-,27-22+. The highest BCUT2D eigenvalue weighted by Gasteiger charge is 2.20. The normalized spacial score (nSPS) is 17.5. The molecule has 0 amide bonds. The van der Waals surface area contributed by atoms with Gasteiger partial charge in [0.2, 0.25) is 0 Å². The van der Waals surface area contributed by atoms with Crippen LogP contribution in [0.1, 0.15) is 18.4 Å². The SMILES string of the molecule is C=C1/C=C(c2ccc3[nH]c4ccccc4c3c2)\C=C/N(c2cccc(Nc3ccccc3)c2)C2=C1C=CCC2. The van der Waals surface area contributed by atoms with Crippen molar-refractivity contribution >= 4 is 44.4 Å². The fourth-order valence-corrected chi connectivity index (χ4v) is 5.62. The number of fused-ring (bicyclic) bond motifs is 3. The molecule has 5 aromatic rings. The molecule has 2 heterocycles. The molecule has 0 unspecified atom stereocenters. The van der Waals surface area contributed by atoms with Crippen LogP contribution in [-0.2, 0) is 0 Å². The fraction of sp³-hybridized carbons (Fsp3) is 0.0556. The summed E-state index contributed by atoms with van der Waals surface area (Å²) in [5.41, 5.74) is 11.4. The summed E-state index contributed by atoms with van der Waals surface area (Å²) in [6, 6.07) is 34.1. The lowest BCUT2D eigenvalue weighted by Gasteiger charge is -2.30. The zero-order valence-electron chi connectivity index (χ0n) is 21.7. The van der Waals surface area contributed by atoms with Gasteiger partial charge in [-0.1, -0.05) is 67.3 Å². The summed E-state index contributed by atoms with van der Waals surface area (Å²) >= 11 is 0. The van der Waals surface area contributed by atoms with Gasteiger partial charge in [0.05, 0.1) is 0 Å². The van der Waals surface area contributed by atoms with Gasteiger partial charge in [-0.05, 0) is 90.2 Å². The Morgan fingerprint density at radius 3 is 2.49 bits per heavy atom. The first-order chi connectivity index (χ1) is 19.2. The minimum atomic E-state index is 0.968. The van der Waals surface area contributed by atoms with Gasteiger partial charge in [0.1, 0.15) is 0 Å². The Hall–Kier alpha value is -5.02. The summed E-state index contributed by atoms with van der Waals surface area (Å²) in [7, 11) is 0. The number of nitrogens with zero attached hydrogens (tertiary/aromatic N) is 1. The second kappa shape index (κ2) is 9.70. The maximum atomic E-state index is 4.52. The van der Waals surface area contributed by atoms with E-state index in [4.69, 9.17) is 0 Å². The van der Waals surface area contributed by atoms with Gasteiger partial charge in [-0.25, -0.2) is 0 Å². The maximum absolute atomic E-state index is 4.52. The van der Waals surface area contributed by atoms with Gasteiger partial charge in [-0.2, -0.15) is 0 Å². The number of benzene rings is 4. The molecule has 4 aromatic carbocycles. The molecular formula is C36H29N3. The lowest BCUT2D eigenvalue weighted by Crippen LogP contribution is -2.20. The number of anilines is 3. The number of hydrogen-bond donors (Lipinski definition) is 2. The van der Waals surface area contributed by atoms with Crippen molar-refractivity contribution in [3.63, 3.8) is 0 Å². The first-order valence-electron chi connectivity index (χ1n) is 13.4. The number of hydrogen-bond acceptors (Lipinski definition) is 2. The van der Waals surface area contributed by atoms with E-state index in [0.29, 0.717) is 0 Å². The van der Waals surface area contributed by atoms with E-state index >= 15 is 0 Å². The number of para-hydroxylation sites is 2. The number of aromatic nitrogens is 1. The Balaban J connectivity index is 1.31. The highest BCUT2D eigenvalue weighted by atomic mass is 15.1. The zero-order chi connectivity index (χ0) is 26.2. The van der Waals surface area contributed by atoms with Crippen molar-refractivity contribution in [1.82, 2.24) is 4.98 Å². The smallest absolute Gasteiger partial charge is 0.0473 e. The molecule has 0 bridgehead atoms. The largest absolute Gasteiger partial charge is 0.355 e. The summed E-state index contributed by atoms with van der Waals surface area (Å²) in [4.78, 5) is 5.87. The number of H-pyrrole nitrogens is 1. The van der Waals surface area contributed by atoms with Crippen LogP contribution in [0.2, 0.25) is 0 Å². The lowest BCUT2D eigenvalue weighted by molar-refractivity contribution is 0.898. The summed E-state index contributed by atoms with van der Waals surface area (Å²) in [5.74, 6) is 0. The molecule has 0 saturated heterocycles. The summed E-state index contributed by atoms with van der Waals surface area (Å²) in [5, 5.41) is 6.02. The second-order valence-electron chi connectivity index (χ2n) is 10.1. The molecule has 0 fully saturated rings. The third-order valence-corrected chi connectivity index (χ3v) is 7.54. The van der Waals surface area contributed by atoms with E-state index in [1.807, 2.05) is 18.2 Å². The van der Waals surface area contributed by atoms with E-state index in [9.17, 15) is 0 Å². The molecule has 3 heteroatoms. The van der Waals surface area contributed by atoms with E-state index in [-0.39, 0.29) is 0 Å². The molecule has 3 nitrogen and oxygen atoms in total. The van der Waals surface area contributed by atoms with Crippen LogP contribution in [0.25, 0.3) is 27.4 Å². The maximum Gasteiger partial charge on any atom is 0.0473 e. The van der Waals surface area contributed by atoms with Crippen LogP contribution < -0.4 is 10.2 Å². The third-order valence-electron chi connectivity index (χ3n) is 7.54. The van der Waals surface area contributed by atoms with Crippen molar-refractivity contribution in [2.45, 2.75) is 12.8 Å². The Morgan fingerprint density at radius 1 is 0.744 bits per heavy atom. The molecule has 7 rings (SSSR count). The number of rotatable bonds is 4. The molecule has 0 spiro atoms. The molecule has 39 heavy (non-hydrogen) atoms. The molecule has 188 valence electrons. The van der Waals surface area contributed by atoms with Crippen molar-refractivity contribution in [2.24, 2.45) is 0 Å². The van der Waals surface area contributed by atoms with Crippen LogP contribution in [0.5, 0.6) is 0 Å². The van der Waals surface area contributed by atoms with Gasteiger partial charge in [0.25, 0.3) is 0 Å². The van der Waals surface area contributed by atoms with Gasteiger partial charge in [0.15, 0.2) is 0 Å². The van der Waals surface area contributed by atoms with Crippen LogP contribution in [0.15, 0.2) is 151 Å².